The number of sulfonamides is 1. The summed E-state index contributed by atoms with van der Waals surface area (Å²) in [5, 5.41) is 3.24. The highest BCUT2D eigenvalue weighted by atomic mass is 35.5. The van der Waals surface area contributed by atoms with Gasteiger partial charge >= 0.3 is 0 Å². The standard InChI is InChI=1S/C21H22ClN3O4S2/c1-14(20(26)23-16-7-5-15(22)6-8-16)30-21-24-18-13-17(9-10-19(18)29-21)31(27,28)25-11-3-2-4-12-25/h5-10,13-14H,2-4,11-12H2,1H3,(H,23,26)/t14-/m0/s1. The fraction of sp³-hybridized carbons (Fsp3) is 0.333. The van der Waals surface area contributed by atoms with Crippen LogP contribution in [0, 0.1) is 0 Å². The predicted molar refractivity (Wildman–Crippen MR) is 122 cm³/mol. The Kier molecular flexibility index (Phi) is 6.57. The second-order valence-corrected chi connectivity index (χ2v) is 11.0. The number of amides is 1. The molecule has 0 aliphatic carbocycles. The highest BCUT2D eigenvalue weighted by Crippen LogP contribution is 2.30. The van der Waals surface area contributed by atoms with Crippen molar-refractivity contribution in [2.75, 3.05) is 18.4 Å². The van der Waals surface area contributed by atoms with Gasteiger partial charge < -0.3 is 9.73 Å². The van der Waals surface area contributed by atoms with Gasteiger partial charge in [-0.3, -0.25) is 4.79 Å². The number of carbonyl (C=O) groups excluding carboxylic acids is 1. The molecule has 1 aliphatic rings. The molecule has 0 saturated carbocycles. The average molecular weight is 480 g/mol. The second kappa shape index (κ2) is 9.20. The van der Waals surface area contributed by atoms with E-state index in [2.05, 4.69) is 10.3 Å². The lowest BCUT2D eigenvalue weighted by Gasteiger charge is -2.25. The molecule has 1 atom stereocenters. The van der Waals surface area contributed by atoms with Crippen molar-refractivity contribution in [3.05, 3.63) is 47.5 Å². The molecule has 164 valence electrons. The summed E-state index contributed by atoms with van der Waals surface area (Å²) < 4.78 is 33.0. The Morgan fingerprint density at radius 3 is 2.58 bits per heavy atom. The number of hydrogen-bond donors (Lipinski definition) is 1. The Hall–Kier alpha value is -2.07. The molecule has 1 aromatic heterocycles. The Bertz CT molecular complexity index is 1190. The highest BCUT2D eigenvalue weighted by Gasteiger charge is 2.27. The maximum atomic E-state index is 12.9. The zero-order chi connectivity index (χ0) is 22.0. The molecule has 10 heteroatoms. The number of anilines is 1. The number of aromatic nitrogens is 1. The van der Waals surface area contributed by atoms with E-state index in [0.29, 0.717) is 40.1 Å². The highest BCUT2D eigenvalue weighted by molar-refractivity contribution is 8.00. The maximum Gasteiger partial charge on any atom is 0.257 e. The number of fused-ring (bicyclic) bond motifs is 1. The minimum Gasteiger partial charge on any atom is -0.431 e. The van der Waals surface area contributed by atoms with Crippen LogP contribution in [0.5, 0.6) is 0 Å². The largest absolute Gasteiger partial charge is 0.431 e. The van der Waals surface area contributed by atoms with Crippen molar-refractivity contribution < 1.29 is 17.6 Å². The van der Waals surface area contributed by atoms with Crippen LogP contribution in [0.2, 0.25) is 5.02 Å². The second-order valence-electron chi connectivity index (χ2n) is 7.33. The SMILES string of the molecule is C[C@H](Sc1nc2cc(S(=O)(=O)N3CCCCC3)ccc2o1)C(=O)Nc1ccc(Cl)cc1. The smallest absolute Gasteiger partial charge is 0.257 e. The lowest BCUT2D eigenvalue weighted by molar-refractivity contribution is -0.115. The van der Waals surface area contributed by atoms with Gasteiger partial charge in [0.25, 0.3) is 5.22 Å². The Morgan fingerprint density at radius 1 is 1.16 bits per heavy atom. The summed E-state index contributed by atoms with van der Waals surface area (Å²) in [6, 6.07) is 11.5. The Balaban J connectivity index is 1.47. The van der Waals surface area contributed by atoms with Crippen molar-refractivity contribution in [3.8, 4) is 0 Å². The number of benzene rings is 2. The molecule has 1 aliphatic heterocycles. The van der Waals surface area contributed by atoms with E-state index in [1.807, 2.05) is 0 Å². The first-order valence-electron chi connectivity index (χ1n) is 9.97. The molecule has 31 heavy (non-hydrogen) atoms. The van der Waals surface area contributed by atoms with Gasteiger partial charge in [0.1, 0.15) is 5.52 Å². The third kappa shape index (κ3) is 5.06. The summed E-state index contributed by atoms with van der Waals surface area (Å²) in [5.41, 5.74) is 1.57. The van der Waals surface area contributed by atoms with Gasteiger partial charge in [-0.05, 0) is 62.2 Å². The van der Waals surface area contributed by atoms with Crippen molar-refractivity contribution >= 4 is 56.1 Å². The molecule has 0 radical (unpaired) electrons. The average Bonchev–Trinajstić information content (AvgIpc) is 3.17. The monoisotopic (exact) mass is 479 g/mol. The summed E-state index contributed by atoms with van der Waals surface area (Å²) in [7, 11) is -3.55. The van der Waals surface area contributed by atoms with Crippen LogP contribution in [-0.4, -0.2) is 42.0 Å². The van der Waals surface area contributed by atoms with Gasteiger partial charge in [-0.15, -0.1) is 0 Å². The van der Waals surface area contributed by atoms with Crippen molar-refractivity contribution in [1.29, 1.82) is 0 Å². The van der Waals surface area contributed by atoms with Crippen molar-refractivity contribution in [3.63, 3.8) is 0 Å². The summed E-state index contributed by atoms with van der Waals surface area (Å²) >= 11 is 7.03. The van der Waals surface area contributed by atoms with Crippen molar-refractivity contribution in [2.24, 2.45) is 0 Å². The summed E-state index contributed by atoms with van der Waals surface area (Å²) in [6.07, 6.45) is 2.81. The summed E-state index contributed by atoms with van der Waals surface area (Å²) in [4.78, 5) is 17.1. The third-order valence-corrected chi connectivity index (χ3v) is 8.14. The molecule has 3 aromatic rings. The number of nitrogens with zero attached hydrogens (tertiary/aromatic N) is 2. The molecule has 7 nitrogen and oxygen atoms in total. The Labute approximate surface area is 190 Å². The van der Waals surface area contributed by atoms with Gasteiger partial charge in [0.05, 0.1) is 10.1 Å². The van der Waals surface area contributed by atoms with E-state index >= 15 is 0 Å². The van der Waals surface area contributed by atoms with E-state index in [1.54, 1.807) is 43.3 Å². The molecule has 4 rings (SSSR count). The molecule has 0 bridgehead atoms. The molecule has 1 saturated heterocycles. The first kappa shape index (κ1) is 22.1. The van der Waals surface area contributed by atoms with Crippen LogP contribution in [0.3, 0.4) is 0 Å². The van der Waals surface area contributed by atoms with Crippen LogP contribution in [-0.2, 0) is 14.8 Å². The lowest BCUT2D eigenvalue weighted by Crippen LogP contribution is -2.35. The van der Waals surface area contributed by atoms with Crippen LogP contribution in [0.4, 0.5) is 5.69 Å². The van der Waals surface area contributed by atoms with Crippen LogP contribution >= 0.6 is 23.4 Å². The van der Waals surface area contributed by atoms with Crippen molar-refractivity contribution in [2.45, 2.75) is 41.6 Å². The van der Waals surface area contributed by atoms with Crippen LogP contribution < -0.4 is 5.32 Å². The van der Waals surface area contributed by atoms with E-state index in [9.17, 15) is 13.2 Å². The number of thioether (sulfide) groups is 1. The molecule has 1 amide bonds. The molecule has 2 aromatic carbocycles. The predicted octanol–water partition coefficient (Wildman–Crippen LogP) is 4.78. The van der Waals surface area contributed by atoms with E-state index in [4.69, 9.17) is 16.0 Å². The number of hydrogen-bond acceptors (Lipinski definition) is 6. The van der Waals surface area contributed by atoms with Gasteiger partial charge in [-0.25, -0.2) is 13.4 Å². The van der Waals surface area contributed by atoms with E-state index < -0.39 is 15.3 Å². The van der Waals surface area contributed by atoms with Crippen LogP contribution in [0.1, 0.15) is 26.2 Å². The van der Waals surface area contributed by atoms with Gasteiger partial charge in [-0.1, -0.05) is 29.8 Å². The normalized spacial score (nSPS) is 16.3. The number of carbonyl (C=O) groups is 1. The zero-order valence-corrected chi connectivity index (χ0v) is 19.3. The van der Waals surface area contributed by atoms with Gasteiger partial charge in [0, 0.05) is 23.8 Å². The number of piperidine rings is 1. The summed E-state index contributed by atoms with van der Waals surface area (Å²) in [6.45, 7) is 2.83. The minimum absolute atomic E-state index is 0.206. The topological polar surface area (TPSA) is 92.5 Å². The van der Waals surface area contributed by atoms with Crippen LogP contribution in [0.25, 0.3) is 11.1 Å². The summed E-state index contributed by atoms with van der Waals surface area (Å²) in [5.74, 6) is -0.206. The number of nitrogens with one attached hydrogen (secondary N) is 1. The maximum absolute atomic E-state index is 12.9. The fourth-order valence-corrected chi connectivity index (χ4v) is 5.75. The Morgan fingerprint density at radius 2 is 1.87 bits per heavy atom. The third-order valence-electron chi connectivity index (χ3n) is 5.05. The van der Waals surface area contributed by atoms with Gasteiger partial charge in [-0.2, -0.15) is 4.31 Å². The van der Waals surface area contributed by atoms with Crippen LogP contribution in [0.15, 0.2) is 57.0 Å². The van der Waals surface area contributed by atoms with Crippen molar-refractivity contribution in [1.82, 2.24) is 9.29 Å². The quantitative estimate of drug-likeness (QED) is 0.511. The first-order chi connectivity index (χ1) is 14.8. The molecule has 2 heterocycles. The fourth-order valence-electron chi connectivity index (χ4n) is 3.33. The van der Waals surface area contributed by atoms with E-state index in [0.717, 1.165) is 19.3 Å². The molecule has 1 fully saturated rings. The van der Waals surface area contributed by atoms with Gasteiger partial charge in [0.2, 0.25) is 15.9 Å². The molecule has 1 N–H and O–H groups in total. The molecule has 0 spiro atoms. The molecular weight excluding hydrogens is 458 g/mol. The zero-order valence-electron chi connectivity index (χ0n) is 16.9. The lowest BCUT2D eigenvalue weighted by atomic mass is 10.2. The number of rotatable bonds is 6. The first-order valence-corrected chi connectivity index (χ1v) is 12.7. The molecular formula is C21H22ClN3O4S2. The van der Waals surface area contributed by atoms with Gasteiger partial charge in [0.15, 0.2) is 5.58 Å². The van der Waals surface area contributed by atoms with E-state index in [-0.39, 0.29) is 10.8 Å². The number of oxazole rings is 1. The van der Waals surface area contributed by atoms with E-state index in [1.165, 1.54) is 22.1 Å². The number of halogens is 1. The molecule has 0 unspecified atom stereocenters. The minimum atomic E-state index is -3.55.